The molecule has 0 saturated heterocycles. The van der Waals surface area contributed by atoms with Gasteiger partial charge in [-0.25, -0.2) is 9.78 Å². The Kier molecular flexibility index (Phi) is 4.25. The predicted octanol–water partition coefficient (Wildman–Crippen LogP) is 2.83. The lowest BCUT2D eigenvalue weighted by Gasteiger charge is -2.11. The zero-order chi connectivity index (χ0) is 18.0. The molecule has 3 N–H and O–H groups in total. The van der Waals surface area contributed by atoms with Crippen molar-refractivity contribution in [2.45, 2.75) is 6.92 Å². The van der Waals surface area contributed by atoms with Crippen molar-refractivity contribution in [2.75, 3.05) is 11.9 Å². The van der Waals surface area contributed by atoms with Crippen LogP contribution >= 0.6 is 0 Å². The van der Waals surface area contributed by atoms with E-state index in [2.05, 4.69) is 10.3 Å². The first-order valence-electron chi connectivity index (χ1n) is 7.38. The Labute approximate surface area is 141 Å². The summed E-state index contributed by atoms with van der Waals surface area (Å²) in [4.78, 5) is 27.7. The first kappa shape index (κ1) is 16.3. The molecule has 0 aliphatic carbocycles. The van der Waals surface area contributed by atoms with Crippen LogP contribution < -0.4 is 10.7 Å². The summed E-state index contributed by atoms with van der Waals surface area (Å²) in [5.41, 5.74) is 0.312. The molecule has 0 saturated carbocycles. The normalized spacial score (nSPS) is 10.6. The molecular formula is C17H14N2O6. The minimum atomic E-state index is -0.711. The molecule has 0 atom stereocenters. The highest BCUT2D eigenvalue weighted by Gasteiger charge is 2.15. The van der Waals surface area contributed by atoms with Crippen LogP contribution in [-0.4, -0.2) is 27.9 Å². The molecule has 0 spiro atoms. The summed E-state index contributed by atoms with van der Waals surface area (Å²) in [7, 11) is 0. The van der Waals surface area contributed by atoms with Gasteiger partial charge < -0.3 is 19.4 Å². The number of phenols is 1. The van der Waals surface area contributed by atoms with Crippen LogP contribution in [0.4, 0.5) is 10.5 Å². The van der Waals surface area contributed by atoms with Crippen molar-refractivity contribution in [3.8, 4) is 22.8 Å². The molecule has 2 heterocycles. The van der Waals surface area contributed by atoms with Gasteiger partial charge >= 0.3 is 6.09 Å². The molecule has 1 aromatic carbocycles. The van der Waals surface area contributed by atoms with Gasteiger partial charge in [0.15, 0.2) is 11.1 Å². The molecule has 1 amide bonds. The van der Waals surface area contributed by atoms with Gasteiger partial charge in [0.25, 0.3) is 0 Å². The third-order valence-corrected chi connectivity index (χ3v) is 3.33. The first-order chi connectivity index (χ1) is 12.0. The van der Waals surface area contributed by atoms with E-state index in [1.807, 2.05) is 0 Å². The Hall–Kier alpha value is -3.55. The van der Waals surface area contributed by atoms with E-state index >= 15 is 0 Å². The van der Waals surface area contributed by atoms with Crippen LogP contribution in [0.25, 0.3) is 22.4 Å². The molecule has 0 radical (unpaired) electrons. The number of pyridine rings is 1. The molecule has 128 valence electrons. The lowest BCUT2D eigenvalue weighted by Crippen LogP contribution is -2.14. The van der Waals surface area contributed by atoms with Crippen molar-refractivity contribution in [3.05, 3.63) is 46.8 Å². The standard InChI is InChI=1S/C17H14N2O6/c1-2-24-17(23)19-12-5-9(20)3-4-11(12)14-7-13(22)16-15(25-14)6-10(21)8-18-16/h3-8,20-21H,2H2,1H3,(H,19,23). The van der Waals surface area contributed by atoms with Gasteiger partial charge in [0.2, 0.25) is 5.43 Å². The lowest BCUT2D eigenvalue weighted by molar-refractivity contribution is 0.168. The van der Waals surface area contributed by atoms with E-state index in [9.17, 15) is 19.8 Å². The maximum absolute atomic E-state index is 12.2. The molecule has 25 heavy (non-hydrogen) atoms. The Morgan fingerprint density at radius 2 is 2.04 bits per heavy atom. The van der Waals surface area contributed by atoms with Crippen LogP contribution in [0.2, 0.25) is 0 Å². The van der Waals surface area contributed by atoms with Crippen molar-refractivity contribution in [1.29, 1.82) is 0 Å². The van der Waals surface area contributed by atoms with Crippen LogP contribution in [0, 0.1) is 0 Å². The Balaban J connectivity index is 2.14. The Bertz CT molecular complexity index is 1010. The maximum atomic E-state index is 12.2. The van der Waals surface area contributed by atoms with E-state index in [1.54, 1.807) is 6.92 Å². The maximum Gasteiger partial charge on any atom is 0.411 e. The number of amides is 1. The molecule has 0 aliphatic rings. The average Bonchev–Trinajstić information content (AvgIpc) is 2.54. The summed E-state index contributed by atoms with van der Waals surface area (Å²) >= 11 is 0. The highest BCUT2D eigenvalue weighted by Crippen LogP contribution is 2.32. The van der Waals surface area contributed by atoms with Crippen molar-refractivity contribution in [3.63, 3.8) is 0 Å². The second-order valence-electron chi connectivity index (χ2n) is 5.09. The van der Waals surface area contributed by atoms with E-state index in [4.69, 9.17) is 9.15 Å². The van der Waals surface area contributed by atoms with Gasteiger partial charge in [-0.1, -0.05) is 0 Å². The molecule has 3 aromatic rings. The van der Waals surface area contributed by atoms with Crippen molar-refractivity contribution in [1.82, 2.24) is 4.98 Å². The fraction of sp³-hybridized carbons (Fsp3) is 0.118. The van der Waals surface area contributed by atoms with Gasteiger partial charge in [-0.05, 0) is 19.1 Å². The van der Waals surface area contributed by atoms with Crippen molar-refractivity contribution in [2.24, 2.45) is 0 Å². The van der Waals surface area contributed by atoms with Gasteiger partial charge in [0, 0.05) is 23.8 Å². The fourth-order valence-electron chi connectivity index (χ4n) is 2.29. The molecule has 0 aliphatic heterocycles. The number of phenolic OH excluding ortho intramolecular Hbond substituents is 1. The zero-order valence-corrected chi connectivity index (χ0v) is 13.1. The predicted molar refractivity (Wildman–Crippen MR) is 89.7 cm³/mol. The summed E-state index contributed by atoms with van der Waals surface area (Å²) in [5, 5.41) is 21.7. The Morgan fingerprint density at radius 3 is 2.80 bits per heavy atom. The molecule has 0 bridgehead atoms. The van der Waals surface area contributed by atoms with E-state index < -0.39 is 11.5 Å². The number of fused-ring (bicyclic) bond motifs is 1. The number of anilines is 1. The minimum Gasteiger partial charge on any atom is -0.508 e. The number of rotatable bonds is 3. The Morgan fingerprint density at radius 1 is 1.24 bits per heavy atom. The highest BCUT2D eigenvalue weighted by molar-refractivity contribution is 5.91. The summed E-state index contributed by atoms with van der Waals surface area (Å²) in [6.45, 7) is 1.83. The van der Waals surface area contributed by atoms with Crippen LogP contribution in [0.3, 0.4) is 0 Å². The van der Waals surface area contributed by atoms with Gasteiger partial charge in [-0.3, -0.25) is 10.1 Å². The quantitative estimate of drug-likeness (QED) is 0.669. The smallest absolute Gasteiger partial charge is 0.411 e. The third kappa shape index (κ3) is 3.37. The summed E-state index contributed by atoms with van der Waals surface area (Å²) in [6.07, 6.45) is 0.435. The number of ether oxygens (including phenoxy) is 1. The van der Waals surface area contributed by atoms with Crippen LogP contribution in [0.15, 0.2) is 45.7 Å². The molecule has 3 rings (SSSR count). The molecule has 0 fully saturated rings. The second-order valence-corrected chi connectivity index (χ2v) is 5.09. The third-order valence-electron chi connectivity index (χ3n) is 3.33. The van der Waals surface area contributed by atoms with Gasteiger partial charge in [-0.2, -0.15) is 0 Å². The number of hydrogen-bond donors (Lipinski definition) is 3. The second kappa shape index (κ2) is 6.52. The largest absolute Gasteiger partial charge is 0.508 e. The number of hydrogen-bond acceptors (Lipinski definition) is 7. The number of aromatic nitrogens is 1. The highest BCUT2D eigenvalue weighted by atomic mass is 16.5. The fourth-order valence-corrected chi connectivity index (χ4v) is 2.29. The van der Waals surface area contributed by atoms with E-state index in [0.717, 1.165) is 6.20 Å². The summed E-state index contributed by atoms with van der Waals surface area (Å²) < 4.78 is 10.5. The van der Waals surface area contributed by atoms with Crippen molar-refractivity contribution >= 4 is 22.9 Å². The molecule has 8 heteroatoms. The van der Waals surface area contributed by atoms with Gasteiger partial charge in [0.1, 0.15) is 17.3 Å². The molecule has 2 aromatic heterocycles. The SMILES string of the molecule is CCOC(=O)Nc1cc(O)ccc1-c1cc(=O)c2ncc(O)cc2o1. The van der Waals surface area contributed by atoms with Gasteiger partial charge in [-0.15, -0.1) is 0 Å². The number of benzene rings is 1. The van der Waals surface area contributed by atoms with E-state index in [1.165, 1.54) is 30.3 Å². The summed E-state index contributed by atoms with van der Waals surface area (Å²) in [6, 6.07) is 6.66. The molecule has 8 nitrogen and oxygen atoms in total. The van der Waals surface area contributed by atoms with Gasteiger partial charge in [0.05, 0.1) is 18.5 Å². The topological polar surface area (TPSA) is 122 Å². The van der Waals surface area contributed by atoms with Crippen molar-refractivity contribution < 1.29 is 24.2 Å². The number of carbonyl (C=O) groups is 1. The van der Waals surface area contributed by atoms with Crippen LogP contribution in [0.5, 0.6) is 11.5 Å². The van der Waals surface area contributed by atoms with Crippen LogP contribution in [-0.2, 0) is 4.74 Å². The number of aromatic hydroxyl groups is 2. The summed E-state index contributed by atoms with van der Waals surface area (Å²) in [5.74, 6) is -0.0990. The molecular weight excluding hydrogens is 328 g/mol. The first-order valence-corrected chi connectivity index (χ1v) is 7.38. The minimum absolute atomic E-state index is 0.0697. The molecule has 0 unspecified atom stereocenters. The van der Waals surface area contributed by atoms with Crippen LogP contribution in [0.1, 0.15) is 6.92 Å². The zero-order valence-electron chi connectivity index (χ0n) is 13.1. The monoisotopic (exact) mass is 342 g/mol. The average molecular weight is 342 g/mol. The van der Waals surface area contributed by atoms with E-state index in [0.29, 0.717) is 5.56 Å². The number of nitrogens with one attached hydrogen (secondary N) is 1. The lowest BCUT2D eigenvalue weighted by atomic mass is 10.1. The van der Waals surface area contributed by atoms with E-state index in [-0.39, 0.29) is 40.7 Å². The number of carbonyl (C=O) groups excluding carboxylic acids is 1. The number of nitrogens with zero attached hydrogens (tertiary/aromatic N) is 1.